The number of nitrogens with one attached hydrogen (secondary N) is 2. The second kappa shape index (κ2) is 7.88. The van der Waals surface area contributed by atoms with Gasteiger partial charge >= 0.3 is 0 Å². The molecule has 22 heavy (non-hydrogen) atoms. The highest BCUT2D eigenvalue weighted by atomic mass is 32.1. The number of aromatic nitrogens is 4. The molecule has 0 saturated carbocycles. The number of aliphatic imine (C=N–C) groups is 1. The van der Waals surface area contributed by atoms with Crippen LogP contribution in [0.3, 0.4) is 0 Å². The molecule has 120 valence electrons. The lowest BCUT2D eigenvalue weighted by Crippen LogP contribution is -2.38. The van der Waals surface area contributed by atoms with Crippen molar-refractivity contribution in [3.05, 3.63) is 27.7 Å². The number of hydrogen-bond donors (Lipinski definition) is 2. The molecule has 0 fully saturated rings. The second-order valence-corrected chi connectivity index (χ2v) is 6.27. The van der Waals surface area contributed by atoms with E-state index in [0.717, 1.165) is 42.0 Å². The molecular formula is C14H23N7S. The highest BCUT2D eigenvalue weighted by molar-refractivity contribution is 7.11. The molecule has 0 aliphatic heterocycles. The Balaban J connectivity index is 1.87. The molecule has 0 saturated heterocycles. The predicted molar refractivity (Wildman–Crippen MR) is 89.1 cm³/mol. The predicted octanol–water partition coefficient (Wildman–Crippen LogP) is 1.19. The maximum atomic E-state index is 4.55. The molecule has 2 aromatic heterocycles. The lowest BCUT2D eigenvalue weighted by Gasteiger charge is -2.10. The van der Waals surface area contributed by atoms with Crippen molar-refractivity contribution in [1.82, 2.24) is 30.4 Å². The van der Waals surface area contributed by atoms with Crippen molar-refractivity contribution in [2.24, 2.45) is 12.0 Å². The van der Waals surface area contributed by atoms with E-state index in [2.05, 4.69) is 44.7 Å². The summed E-state index contributed by atoms with van der Waals surface area (Å²) in [6.45, 7) is 8.33. The standard InChI is InChI=1S/C14H23N7S/c1-5-15-14(17-8-12-20-18-9-21(12)4)16-7-6-13-19-10(2)11(3)22-13/h9H,5-8H2,1-4H3,(H2,15,16,17). The summed E-state index contributed by atoms with van der Waals surface area (Å²) in [7, 11) is 1.92. The first kappa shape index (κ1) is 16.4. The first-order valence-corrected chi connectivity index (χ1v) is 8.19. The number of hydrogen-bond acceptors (Lipinski definition) is 5. The van der Waals surface area contributed by atoms with Crippen LogP contribution in [0.15, 0.2) is 11.3 Å². The van der Waals surface area contributed by atoms with Gasteiger partial charge in [-0.3, -0.25) is 0 Å². The molecule has 2 aromatic rings. The van der Waals surface area contributed by atoms with Crippen LogP contribution >= 0.6 is 11.3 Å². The van der Waals surface area contributed by atoms with Crippen molar-refractivity contribution in [2.75, 3.05) is 13.1 Å². The van der Waals surface area contributed by atoms with Gasteiger partial charge in [-0.15, -0.1) is 21.5 Å². The van der Waals surface area contributed by atoms with Crippen molar-refractivity contribution in [2.45, 2.75) is 33.7 Å². The molecular weight excluding hydrogens is 298 g/mol. The second-order valence-electron chi connectivity index (χ2n) is 4.98. The Morgan fingerprint density at radius 2 is 2.18 bits per heavy atom. The molecule has 0 spiro atoms. The zero-order valence-corrected chi connectivity index (χ0v) is 14.4. The van der Waals surface area contributed by atoms with Crippen LogP contribution < -0.4 is 10.6 Å². The van der Waals surface area contributed by atoms with Crippen molar-refractivity contribution in [1.29, 1.82) is 0 Å². The van der Waals surface area contributed by atoms with Crippen molar-refractivity contribution in [3.63, 3.8) is 0 Å². The number of nitrogens with zero attached hydrogens (tertiary/aromatic N) is 5. The molecule has 0 aromatic carbocycles. The normalized spacial score (nSPS) is 11.7. The Bertz CT molecular complexity index is 609. The fourth-order valence-electron chi connectivity index (χ4n) is 1.88. The van der Waals surface area contributed by atoms with Crippen LogP contribution in [0.5, 0.6) is 0 Å². The Morgan fingerprint density at radius 3 is 2.77 bits per heavy atom. The zero-order valence-electron chi connectivity index (χ0n) is 13.6. The SMILES string of the molecule is CCNC(=NCc1nncn1C)NCCc1nc(C)c(C)s1. The summed E-state index contributed by atoms with van der Waals surface area (Å²) in [6, 6.07) is 0. The lowest BCUT2D eigenvalue weighted by molar-refractivity contribution is 0.762. The minimum Gasteiger partial charge on any atom is -0.357 e. The number of thiazole rings is 1. The fraction of sp³-hybridized carbons (Fsp3) is 0.571. The van der Waals surface area contributed by atoms with E-state index in [-0.39, 0.29) is 0 Å². The largest absolute Gasteiger partial charge is 0.357 e. The van der Waals surface area contributed by atoms with E-state index in [9.17, 15) is 0 Å². The maximum absolute atomic E-state index is 4.55. The Kier molecular flexibility index (Phi) is 5.88. The van der Waals surface area contributed by atoms with Gasteiger partial charge in [0.25, 0.3) is 0 Å². The highest BCUT2D eigenvalue weighted by Gasteiger charge is 2.05. The molecule has 0 radical (unpaired) electrons. The first-order valence-electron chi connectivity index (χ1n) is 7.38. The number of rotatable bonds is 6. The molecule has 0 aliphatic rings. The van der Waals surface area contributed by atoms with Gasteiger partial charge in [-0.05, 0) is 20.8 Å². The van der Waals surface area contributed by atoms with E-state index in [1.54, 1.807) is 17.7 Å². The van der Waals surface area contributed by atoms with Crippen molar-refractivity contribution < 1.29 is 0 Å². The van der Waals surface area contributed by atoms with Gasteiger partial charge in [0.05, 0.1) is 10.7 Å². The molecule has 0 atom stereocenters. The quantitative estimate of drug-likeness (QED) is 0.617. The van der Waals surface area contributed by atoms with Crippen LogP contribution in [0.25, 0.3) is 0 Å². The fourth-order valence-corrected chi connectivity index (χ4v) is 2.81. The summed E-state index contributed by atoms with van der Waals surface area (Å²) in [5.41, 5.74) is 1.13. The molecule has 0 aliphatic carbocycles. The van der Waals surface area contributed by atoms with E-state index < -0.39 is 0 Å². The minimum atomic E-state index is 0.501. The zero-order chi connectivity index (χ0) is 15.9. The third-order valence-electron chi connectivity index (χ3n) is 3.23. The Labute approximate surface area is 134 Å². The van der Waals surface area contributed by atoms with Gasteiger partial charge in [-0.2, -0.15) is 0 Å². The molecule has 8 heteroatoms. The van der Waals surface area contributed by atoms with Gasteiger partial charge in [0.1, 0.15) is 12.9 Å². The monoisotopic (exact) mass is 321 g/mol. The minimum absolute atomic E-state index is 0.501. The highest BCUT2D eigenvalue weighted by Crippen LogP contribution is 2.16. The van der Waals surface area contributed by atoms with Crippen LogP contribution in [-0.4, -0.2) is 38.8 Å². The van der Waals surface area contributed by atoms with E-state index >= 15 is 0 Å². The summed E-state index contributed by atoms with van der Waals surface area (Å²) >= 11 is 1.76. The molecule has 2 N–H and O–H groups in total. The number of aryl methyl sites for hydroxylation is 3. The summed E-state index contributed by atoms with van der Waals surface area (Å²) in [5.74, 6) is 1.62. The van der Waals surface area contributed by atoms with Gasteiger partial charge in [0.15, 0.2) is 11.8 Å². The van der Waals surface area contributed by atoms with Crippen molar-refractivity contribution >= 4 is 17.3 Å². The number of guanidine groups is 1. The maximum Gasteiger partial charge on any atom is 0.191 e. The average molecular weight is 321 g/mol. The van der Waals surface area contributed by atoms with Gasteiger partial charge in [-0.1, -0.05) is 0 Å². The smallest absolute Gasteiger partial charge is 0.191 e. The molecule has 0 bridgehead atoms. The summed E-state index contributed by atoms with van der Waals surface area (Å²) < 4.78 is 1.87. The lowest BCUT2D eigenvalue weighted by atomic mass is 10.4. The molecule has 7 nitrogen and oxygen atoms in total. The molecule has 0 unspecified atom stereocenters. The average Bonchev–Trinajstić information content (AvgIpc) is 3.02. The first-order chi connectivity index (χ1) is 10.6. The van der Waals surface area contributed by atoms with E-state index in [1.807, 2.05) is 18.5 Å². The van der Waals surface area contributed by atoms with Gasteiger partial charge in [0, 0.05) is 31.4 Å². The Hall–Kier alpha value is -1.96. The third-order valence-corrected chi connectivity index (χ3v) is 4.36. The van der Waals surface area contributed by atoms with Gasteiger partial charge in [-0.25, -0.2) is 9.98 Å². The van der Waals surface area contributed by atoms with Crippen LogP contribution in [0.2, 0.25) is 0 Å². The van der Waals surface area contributed by atoms with Crippen molar-refractivity contribution in [3.8, 4) is 0 Å². The van der Waals surface area contributed by atoms with E-state index in [4.69, 9.17) is 0 Å². The van der Waals surface area contributed by atoms with Gasteiger partial charge in [0.2, 0.25) is 0 Å². The van der Waals surface area contributed by atoms with Crippen LogP contribution in [0.1, 0.15) is 28.3 Å². The Morgan fingerprint density at radius 1 is 1.36 bits per heavy atom. The van der Waals surface area contributed by atoms with Crippen LogP contribution in [0, 0.1) is 13.8 Å². The summed E-state index contributed by atoms with van der Waals surface area (Å²) in [5, 5.41) is 15.6. The molecule has 2 heterocycles. The third kappa shape index (κ3) is 4.52. The van der Waals surface area contributed by atoms with Crippen LogP contribution in [0.4, 0.5) is 0 Å². The van der Waals surface area contributed by atoms with Crippen LogP contribution in [-0.2, 0) is 20.0 Å². The van der Waals surface area contributed by atoms with E-state index in [1.165, 1.54) is 4.88 Å². The summed E-state index contributed by atoms with van der Waals surface area (Å²) in [4.78, 5) is 10.4. The summed E-state index contributed by atoms with van der Waals surface area (Å²) in [6.07, 6.45) is 2.58. The molecule has 0 amide bonds. The topological polar surface area (TPSA) is 80.0 Å². The van der Waals surface area contributed by atoms with E-state index in [0.29, 0.717) is 6.54 Å². The van der Waals surface area contributed by atoms with Gasteiger partial charge < -0.3 is 15.2 Å². The molecule has 2 rings (SSSR count).